The molecule has 13 nitrogen and oxygen atoms in total. The van der Waals surface area contributed by atoms with Crippen molar-refractivity contribution >= 4 is 89.9 Å². The summed E-state index contributed by atoms with van der Waals surface area (Å²) in [5, 5.41) is 30.2. The van der Waals surface area contributed by atoms with Crippen LogP contribution in [0.1, 0.15) is 23.2 Å². The standard InChI is InChI=1S/C20H25N7O6.Ba/c1-27-12(9-23-16-15(27)18(31)26-20(21)25-16)8-22-11-4-2-10(3-5-11)17(30)24-13(19(32)33)6-7-14(28)29;/h2-5,12-13,22H,6-9H2,1H3,(H,24,30)(H,28,29)(H,32,33)(H4,21,23,25,26,31);/q;+2/p-2/t12?,13-;/m0./s1. The molecule has 0 aliphatic carbocycles. The molecule has 2 aromatic rings. The molecule has 1 aromatic carbocycles. The number of carboxylic acids is 2. The summed E-state index contributed by atoms with van der Waals surface area (Å²) in [6.07, 6.45) is -0.862. The van der Waals surface area contributed by atoms with Gasteiger partial charge in [-0.2, -0.15) is 4.98 Å². The number of carboxylic acid groups (broad SMARTS) is 2. The first kappa shape index (κ1) is 27.5. The molecule has 2 heterocycles. The van der Waals surface area contributed by atoms with Crippen LogP contribution >= 0.6 is 0 Å². The molecule has 1 unspecified atom stereocenters. The molecule has 0 bridgehead atoms. The van der Waals surface area contributed by atoms with Crippen LogP contribution in [0.3, 0.4) is 0 Å². The number of nitrogens with zero attached hydrogens (tertiary/aromatic N) is 2. The number of carbonyl (C=O) groups is 3. The largest absolute Gasteiger partial charge is 2.00 e. The number of fused-ring (bicyclic) bond motifs is 1. The SMILES string of the molecule is CN1c2c(nc(N)[nH]c2=O)NCC1CNc1ccc(C(=O)N[C@@H](CCC(=O)[O-])C(=O)[O-])cc1.[Ba+2]. The number of carbonyl (C=O) groups excluding carboxylic acids is 3. The maximum absolute atomic E-state index is 12.3. The fourth-order valence-corrected chi connectivity index (χ4v) is 3.41. The summed E-state index contributed by atoms with van der Waals surface area (Å²) in [6, 6.07) is 4.75. The number of benzene rings is 1. The smallest absolute Gasteiger partial charge is 0.550 e. The van der Waals surface area contributed by atoms with Crippen LogP contribution in [-0.4, -0.2) is 109 Å². The Morgan fingerprint density at radius 1 is 1.26 bits per heavy atom. The first-order valence-electron chi connectivity index (χ1n) is 10.1. The third kappa shape index (κ3) is 6.90. The van der Waals surface area contributed by atoms with Crippen molar-refractivity contribution in [2.45, 2.75) is 24.9 Å². The van der Waals surface area contributed by atoms with Gasteiger partial charge in [0.2, 0.25) is 5.95 Å². The van der Waals surface area contributed by atoms with Gasteiger partial charge in [0, 0.05) is 37.4 Å². The number of rotatable bonds is 9. The Morgan fingerprint density at radius 3 is 2.56 bits per heavy atom. The Balaban J connectivity index is 0.00000408. The van der Waals surface area contributed by atoms with E-state index in [2.05, 4.69) is 25.9 Å². The van der Waals surface area contributed by atoms with Crippen molar-refractivity contribution in [3.63, 3.8) is 0 Å². The van der Waals surface area contributed by atoms with Crippen molar-refractivity contribution in [3.8, 4) is 0 Å². The van der Waals surface area contributed by atoms with Crippen LogP contribution in [0.15, 0.2) is 29.1 Å². The molecular formula is C20H23BaN7O6. The van der Waals surface area contributed by atoms with Gasteiger partial charge in [0.1, 0.15) is 5.69 Å². The van der Waals surface area contributed by atoms with Crippen LogP contribution in [0.4, 0.5) is 23.1 Å². The molecule has 1 aromatic heterocycles. The van der Waals surface area contributed by atoms with E-state index >= 15 is 0 Å². The fraction of sp³-hybridized carbons (Fsp3) is 0.350. The van der Waals surface area contributed by atoms with E-state index in [4.69, 9.17) is 5.73 Å². The van der Waals surface area contributed by atoms with Crippen molar-refractivity contribution < 1.29 is 24.6 Å². The predicted molar refractivity (Wildman–Crippen MR) is 121 cm³/mol. The summed E-state index contributed by atoms with van der Waals surface area (Å²) in [6.45, 7) is 0.984. The number of H-pyrrole nitrogens is 1. The van der Waals surface area contributed by atoms with Crippen molar-refractivity contribution in [1.82, 2.24) is 15.3 Å². The summed E-state index contributed by atoms with van der Waals surface area (Å²) >= 11 is 0. The minimum Gasteiger partial charge on any atom is -0.550 e. The van der Waals surface area contributed by atoms with Crippen molar-refractivity contribution in [3.05, 3.63) is 40.2 Å². The molecular weight excluding hydrogens is 572 g/mol. The van der Waals surface area contributed by atoms with Crippen molar-refractivity contribution in [1.29, 1.82) is 0 Å². The summed E-state index contributed by atoms with van der Waals surface area (Å²) < 4.78 is 0. The second kappa shape index (κ2) is 12.1. The van der Waals surface area contributed by atoms with Gasteiger partial charge in [-0.1, -0.05) is 0 Å². The Hall–Kier alpha value is -2.72. The van der Waals surface area contributed by atoms with Crippen LogP contribution in [0.25, 0.3) is 0 Å². The normalized spacial score (nSPS) is 15.2. The van der Waals surface area contributed by atoms with Gasteiger partial charge in [0.05, 0.1) is 18.1 Å². The summed E-state index contributed by atoms with van der Waals surface area (Å²) in [5.41, 5.74) is 6.51. The monoisotopic (exact) mass is 595 g/mol. The number of nitrogen functional groups attached to an aromatic ring is 1. The van der Waals surface area contributed by atoms with Gasteiger partial charge in [-0.15, -0.1) is 0 Å². The molecule has 2 atom stereocenters. The van der Waals surface area contributed by atoms with E-state index < -0.39 is 30.3 Å². The number of nitrogens with two attached hydrogens (primary N) is 1. The molecule has 1 aliphatic rings. The number of amides is 1. The first-order chi connectivity index (χ1) is 15.7. The van der Waals surface area contributed by atoms with E-state index in [1.807, 2.05) is 0 Å². The Morgan fingerprint density at radius 2 is 1.94 bits per heavy atom. The molecule has 14 heteroatoms. The Kier molecular flexibility index (Phi) is 9.81. The van der Waals surface area contributed by atoms with E-state index in [-0.39, 0.29) is 78.4 Å². The van der Waals surface area contributed by atoms with Gasteiger partial charge in [0.25, 0.3) is 11.5 Å². The van der Waals surface area contributed by atoms with E-state index in [0.717, 1.165) is 0 Å². The second-order valence-electron chi connectivity index (χ2n) is 7.51. The molecule has 34 heavy (non-hydrogen) atoms. The Bertz CT molecular complexity index is 1110. The average Bonchev–Trinajstić information content (AvgIpc) is 2.75. The third-order valence-electron chi connectivity index (χ3n) is 5.23. The maximum atomic E-state index is 12.3. The maximum Gasteiger partial charge on any atom is 2.00 e. The minimum atomic E-state index is -1.58. The van der Waals surface area contributed by atoms with Crippen LogP contribution in [0, 0.1) is 0 Å². The minimum absolute atomic E-state index is 0. The van der Waals surface area contributed by atoms with Gasteiger partial charge in [-0.05, 0) is 37.1 Å². The molecule has 1 aliphatic heterocycles. The number of aliphatic carboxylic acids is 2. The molecule has 3 rings (SSSR count). The van der Waals surface area contributed by atoms with Gasteiger partial charge < -0.3 is 46.4 Å². The molecule has 176 valence electrons. The molecule has 0 radical (unpaired) electrons. The zero-order chi connectivity index (χ0) is 24.1. The number of aromatic amines is 1. The second-order valence-corrected chi connectivity index (χ2v) is 7.51. The molecule has 0 saturated carbocycles. The van der Waals surface area contributed by atoms with Crippen LogP contribution in [-0.2, 0) is 9.59 Å². The topological polar surface area (TPSA) is 208 Å². The molecule has 1 amide bonds. The molecule has 0 fully saturated rings. The molecule has 0 saturated heterocycles. The van der Waals surface area contributed by atoms with Crippen LogP contribution in [0.2, 0.25) is 0 Å². The summed E-state index contributed by atoms with van der Waals surface area (Å²) in [5.74, 6) is -3.22. The van der Waals surface area contributed by atoms with Crippen LogP contribution in [0.5, 0.6) is 0 Å². The average molecular weight is 595 g/mol. The number of nitrogens with one attached hydrogen (secondary N) is 4. The summed E-state index contributed by atoms with van der Waals surface area (Å²) in [7, 11) is 1.78. The molecule has 0 spiro atoms. The van der Waals surface area contributed by atoms with E-state index in [1.165, 1.54) is 12.1 Å². The van der Waals surface area contributed by atoms with E-state index in [9.17, 15) is 29.4 Å². The molecule has 6 N–H and O–H groups in total. The van der Waals surface area contributed by atoms with Crippen LogP contribution < -0.4 is 42.4 Å². The first-order valence-corrected chi connectivity index (χ1v) is 10.1. The van der Waals surface area contributed by atoms with Gasteiger partial charge in [-0.25, -0.2) is 0 Å². The number of hydrogen-bond donors (Lipinski definition) is 5. The Labute approximate surface area is 234 Å². The van der Waals surface area contributed by atoms with E-state index in [0.29, 0.717) is 30.3 Å². The van der Waals surface area contributed by atoms with Crippen molar-refractivity contribution in [2.75, 3.05) is 41.4 Å². The van der Waals surface area contributed by atoms with Gasteiger partial charge in [0.15, 0.2) is 5.82 Å². The number of anilines is 4. The van der Waals surface area contributed by atoms with E-state index in [1.54, 1.807) is 24.1 Å². The summed E-state index contributed by atoms with van der Waals surface area (Å²) in [4.78, 5) is 54.5. The zero-order valence-electron chi connectivity index (χ0n) is 18.4. The predicted octanol–water partition coefficient (Wildman–Crippen LogP) is -3.31. The zero-order valence-corrected chi connectivity index (χ0v) is 22.9. The van der Waals surface area contributed by atoms with Gasteiger partial charge in [-0.3, -0.25) is 14.6 Å². The van der Waals surface area contributed by atoms with Crippen molar-refractivity contribution in [2.24, 2.45) is 0 Å². The third-order valence-corrected chi connectivity index (χ3v) is 5.23. The number of hydrogen-bond acceptors (Lipinski definition) is 11. The van der Waals surface area contributed by atoms with Gasteiger partial charge >= 0.3 is 48.9 Å². The number of likely N-dealkylation sites (N-methyl/N-ethyl adjacent to an activating group) is 1. The number of aromatic nitrogens is 2. The quantitative estimate of drug-likeness (QED) is 0.182. The fourth-order valence-electron chi connectivity index (χ4n) is 3.41.